The Labute approximate surface area is 115 Å². The summed E-state index contributed by atoms with van der Waals surface area (Å²) in [5, 5.41) is 12.6. The standard InChI is InChI=1S/C15H10ClNO2/c16-12-2-1-3-13-14(12)11(15(19)17-13)8-9-4-6-10(18)7-5-9/h1-8,18H,(H,17,19). The van der Waals surface area contributed by atoms with Crippen LogP contribution in [0.25, 0.3) is 11.6 Å². The van der Waals surface area contributed by atoms with E-state index >= 15 is 0 Å². The molecule has 0 aliphatic carbocycles. The fourth-order valence-electron chi connectivity index (χ4n) is 2.08. The van der Waals surface area contributed by atoms with Crippen LogP contribution in [0.1, 0.15) is 11.1 Å². The van der Waals surface area contributed by atoms with Crippen molar-refractivity contribution in [1.29, 1.82) is 0 Å². The van der Waals surface area contributed by atoms with Crippen LogP contribution < -0.4 is 5.32 Å². The van der Waals surface area contributed by atoms with E-state index in [4.69, 9.17) is 11.6 Å². The zero-order valence-corrected chi connectivity index (χ0v) is 10.6. The number of amides is 1. The number of phenols is 1. The number of hydrogen-bond donors (Lipinski definition) is 2. The van der Waals surface area contributed by atoms with Gasteiger partial charge in [-0.25, -0.2) is 0 Å². The van der Waals surface area contributed by atoms with Crippen molar-refractivity contribution in [2.45, 2.75) is 0 Å². The Bertz CT molecular complexity index is 690. The molecule has 0 saturated heterocycles. The Morgan fingerprint density at radius 3 is 2.58 bits per heavy atom. The number of benzene rings is 2. The van der Waals surface area contributed by atoms with Crippen LogP contribution in [0.3, 0.4) is 0 Å². The summed E-state index contributed by atoms with van der Waals surface area (Å²) < 4.78 is 0. The molecule has 0 bridgehead atoms. The Balaban J connectivity index is 2.11. The van der Waals surface area contributed by atoms with Gasteiger partial charge in [0, 0.05) is 5.56 Å². The van der Waals surface area contributed by atoms with E-state index in [1.54, 1.807) is 42.5 Å². The lowest BCUT2D eigenvalue weighted by atomic mass is 10.0. The summed E-state index contributed by atoms with van der Waals surface area (Å²) in [6.45, 7) is 0. The third kappa shape index (κ3) is 2.09. The van der Waals surface area contributed by atoms with Gasteiger partial charge >= 0.3 is 0 Å². The summed E-state index contributed by atoms with van der Waals surface area (Å²) in [6, 6.07) is 12.0. The molecule has 0 unspecified atom stereocenters. The molecule has 1 amide bonds. The highest BCUT2D eigenvalue weighted by Crippen LogP contribution is 2.38. The summed E-state index contributed by atoms with van der Waals surface area (Å²) in [4.78, 5) is 12.0. The van der Waals surface area contributed by atoms with Crippen molar-refractivity contribution < 1.29 is 9.90 Å². The third-order valence-corrected chi connectivity index (χ3v) is 3.29. The summed E-state index contributed by atoms with van der Waals surface area (Å²) in [5.74, 6) is 0.0210. The maximum Gasteiger partial charge on any atom is 0.256 e. The number of fused-ring (bicyclic) bond motifs is 1. The Hall–Kier alpha value is -2.26. The molecule has 94 valence electrons. The predicted octanol–water partition coefficient (Wildman–Crippen LogP) is 3.54. The minimum atomic E-state index is -0.170. The summed E-state index contributed by atoms with van der Waals surface area (Å²) in [6.07, 6.45) is 1.76. The monoisotopic (exact) mass is 271 g/mol. The van der Waals surface area contributed by atoms with Crippen LogP contribution in [-0.4, -0.2) is 11.0 Å². The Kier molecular flexibility index (Phi) is 2.76. The van der Waals surface area contributed by atoms with Gasteiger partial charge in [0.2, 0.25) is 0 Å². The van der Waals surface area contributed by atoms with Gasteiger partial charge in [-0.2, -0.15) is 0 Å². The number of halogens is 1. The van der Waals surface area contributed by atoms with Crippen LogP contribution in [0.4, 0.5) is 5.69 Å². The molecule has 4 heteroatoms. The van der Waals surface area contributed by atoms with Crippen molar-refractivity contribution in [1.82, 2.24) is 0 Å². The highest BCUT2D eigenvalue weighted by Gasteiger charge is 2.26. The van der Waals surface area contributed by atoms with Gasteiger partial charge in [-0.15, -0.1) is 0 Å². The number of nitrogens with one attached hydrogen (secondary N) is 1. The van der Waals surface area contributed by atoms with E-state index in [1.165, 1.54) is 0 Å². The van der Waals surface area contributed by atoms with Crippen LogP contribution in [0.15, 0.2) is 42.5 Å². The van der Waals surface area contributed by atoms with E-state index in [1.807, 2.05) is 6.07 Å². The number of rotatable bonds is 1. The average Bonchev–Trinajstić information content (AvgIpc) is 2.70. The smallest absolute Gasteiger partial charge is 0.256 e. The van der Waals surface area contributed by atoms with Crippen molar-refractivity contribution in [2.75, 3.05) is 5.32 Å². The van der Waals surface area contributed by atoms with Crippen molar-refractivity contribution in [3.63, 3.8) is 0 Å². The fourth-order valence-corrected chi connectivity index (χ4v) is 2.36. The van der Waals surface area contributed by atoms with Crippen LogP contribution >= 0.6 is 11.6 Å². The van der Waals surface area contributed by atoms with Gasteiger partial charge in [-0.3, -0.25) is 4.79 Å². The highest BCUT2D eigenvalue weighted by atomic mass is 35.5. The van der Waals surface area contributed by atoms with Gasteiger partial charge < -0.3 is 10.4 Å². The molecule has 0 saturated carbocycles. The van der Waals surface area contributed by atoms with Gasteiger partial charge in [0.15, 0.2) is 0 Å². The van der Waals surface area contributed by atoms with Crippen molar-refractivity contribution in [3.05, 3.63) is 58.6 Å². The molecule has 0 radical (unpaired) electrons. The third-order valence-electron chi connectivity index (χ3n) is 2.98. The van der Waals surface area contributed by atoms with E-state index in [0.717, 1.165) is 16.8 Å². The first kappa shape index (κ1) is 11.8. The molecule has 19 heavy (non-hydrogen) atoms. The van der Waals surface area contributed by atoms with Crippen LogP contribution in [0, 0.1) is 0 Å². The van der Waals surface area contributed by atoms with Crippen molar-refractivity contribution in [3.8, 4) is 5.75 Å². The number of carbonyl (C=O) groups excluding carboxylic acids is 1. The molecule has 0 atom stereocenters. The van der Waals surface area contributed by atoms with Crippen LogP contribution in [0.5, 0.6) is 5.75 Å². The van der Waals surface area contributed by atoms with E-state index in [0.29, 0.717) is 10.6 Å². The minimum absolute atomic E-state index is 0.170. The SMILES string of the molecule is O=C1Nc2cccc(Cl)c2C1=Cc1ccc(O)cc1. The van der Waals surface area contributed by atoms with Gasteiger partial charge in [0.05, 0.1) is 16.3 Å². The second kappa shape index (κ2) is 4.44. The number of hydrogen-bond acceptors (Lipinski definition) is 2. The molecule has 1 heterocycles. The first-order valence-corrected chi connectivity index (χ1v) is 6.14. The molecule has 3 nitrogen and oxygen atoms in total. The average molecular weight is 272 g/mol. The lowest BCUT2D eigenvalue weighted by Gasteiger charge is -2.01. The van der Waals surface area contributed by atoms with Gasteiger partial charge in [-0.05, 0) is 35.9 Å². The molecule has 0 aromatic heterocycles. The van der Waals surface area contributed by atoms with Crippen LogP contribution in [-0.2, 0) is 4.79 Å². The van der Waals surface area contributed by atoms with E-state index < -0.39 is 0 Å². The molecule has 2 N–H and O–H groups in total. The maximum atomic E-state index is 12.0. The number of anilines is 1. The van der Waals surface area contributed by atoms with Crippen molar-refractivity contribution >= 4 is 34.8 Å². The molecule has 1 aliphatic heterocycles. The molecule has 1 aliphatic rings. The molecular weight excluding hydrogens is 262 g/mol. The quantitative estimate of drug-likeness (QED) is 0.780. The van der Waals surface area contributed by atoms with E-state index in [2.05, 4.69) is 5.32 Å². The number of carbonyl (C=O) groups is 1. The second-order valence-electron chi connectivity index (χ2n) is 4.27. The molecule has 0 fully saturated rings. The topological polar surface area (TPSA) is 49.3 Å². The van der Waals surface area contributed by atoms with Gasteiger partial charge in [0.1, 0.15) is 5.75 Å². The predicted molar refractivity (Wildman–Crippen MR) is 76.1 cm³/mol. The van der Waals surface area contributed by atoms with E-state index in [-0.39, 0.29) is 11.7 Å². The van der Waals surface area contributed by atoms with Gasteiger partial charge in [-0.1, -0.05) is 29.8 Å². The molecule has 2 aromatic carbocycles. The van der Waals surface area contributed by atoms with Crippen LogP contribution in [0.2, 0.25) is 5.02 Å². The molecular formula is C15H10ClNO2. The number of aromatic hydroxyl groups is 1. The Morgan fingerprint density at radius 2 is 1.84 bits per heavy atom. The number of phenolic OH excluding ortho intramolecular Hbond substituents is 1. The zero-order chi connectivity index (χ0) is 13.4. The normalized spacial score (nSPS) is 15.4. The first-order valence-electron chi connectivity index (χ1n) is 5.76. The second-order valence-corrected chi connectivity index (χ2v) is 4.67. The summed E-state index contributed by atoms with van der Waals surface area (Å²) >= 11 is 6.15. The fraction of sp³-hybridized carbons (Fsp3) is 0. The Morgan fingerprint density at radius 1 is 1.11 bits per heavy atom. The summed E-state index contributed by atoms with van der Waals surface area (Å²) in [7, 11) is 0. The first-order chi connectivity index (χ1) is 9.15. The molecule has 2 aromatic rings. The lowest BCUT2D eigenvalue weighted by Crippen LogP contribution is -2.03. The van der Waals surface area contributed by atoms with Gasteiger partial charge in [0.25, 0.3) is 5.91 Å². The largest absolute Gasteiger partial charge is 0.508 e. The molecule has 0 spiro atoms. The zero-order valence-electron chi connectivity index (χ0n) is 9.85. The minimum Gasteiger partial charge on any atom is -0.508 e. The summed E-state index contributed by atoms with van der Waals surface area (Å²) in [5.41, 5.74) is 2.81. The highest BCUT2D eigenvalue weighted by molar-refractivity contribution is 6.41. The van der Waals surface area contributed by atoms with Crippen molar-refractivity contribution in [2.24, 2.45) is 0 Å². The molecule has 3 rings (SSSR count). The maximum absolute atomic E-state index is 12.0. The van der Waals surface area contributed by atoms with E-state index in [9.17, 15) is 9.90 Å². The lowest BCUT2D eigenvalue weighted by molar-refractivity contribution is -0.110.